The lowest BCUT2D eigenvalue weighted by molar-refractivity contribution is 0.137. The van der Waals surface area contributed by atoms with E-state index >= 15 is 0 Å². The number of hydrogen-bond donors (Lipinski definition) is 3. The molecule has 1 aliphatic heterocycles. The first-order valence-corrected chi connectivity index (χ1v) is 5.18. The smallest absolute Gasteiger partial charge is 0.128 e. The van der Waals surface area contributed by atoms with Gasteiger partial charge in [-0.1, -0.05) is 0 Å². The number of halogens is 2. The molecule has 0 unspecified atom stereocenters. The van der Waals surface area contributed by atoms with Crippen LogP contribution in [-0.4, -0.2) is 24.3 Å². The maximum Gasteiger partial charge on any atom is 0.128 e. The molecule has 1 aromatic rings. The number of nitrogens with two attached hydrogens (primary N) is 1. The van der Waals surface area contributed by atoms with Gasteiger partial charge in [-0.2, -0.15) is 0 Å². The van der Waals surface area contributed by atoms with Gasteiger partial charge in [-0.25, -0.2) is 8.78 Å². The van der Waals surface area contributed by atoms with Crippen LogP contribution in [0.1, 0.15) is 12.8 Å². The van der Waals surface area contributed by atoms with E-state index in [1.54, 1.807) is 0 Å². The Morgan fingerprint density at radius 2 is 1.62 bits per heavy atom. The predicted octanol–water partition coefficient (Wildman–Crippen LogP) is 1.28. The molecule has 0 bridgehead atoms. The van der Waals surface area contributed by atoms with E-state index in [1.165, 1.54) is 0 Å². The monoisotopic (exact) mass is 230 g/mol. The lowest BCUT2D eigenvalue weighted by atomic mass is 10.1. The Morgan fingerprint density at radius 3 is 1.94 bits per heavy atom. The van der Waals surface area contributed by atoms with Crippen molar-refractivity contribution in [1.29, 1.82) is 0 Å². The molecule has 0 atom stereocenters. The Bertz CT molecular complexity index is 277. The third kappa shape index (κ3) is 5.04. The van der Waals surface area contributed by atoms with Crippen LogP contribution in [0.2, 0.25) is 0 Å². The van der Waals surface area contributed by atoms with Crippen molar-refractivity contribution in [3.05, 3.63) is 29.8 Å². The fourth-order valence-corrected chi connectivity index (χ4v) is 1.38. The molecule has 4 N–H and O–H groups in total. The van der Waals surface area contributed by atoms with Crippen molar-refractivity contribution in [2.45, 2.75) is 18.9 Å². The molecule has 0 saturated carbocycles. The van der Waals surface area contributed by atoms with Crippen molar-refractivity contribution in [2.75, 3.05) is 18.8 Å². The summed E-state index contributed by atoms with van der Waals surface area (Å²) in [5, 5.41) is 12.0. The van der Waals surface area contributed by atoms with Gasteiger partial charge in [0.15, 0.2) is 0 Å². The van der Waals surface area contributed by atoms with Gasteiger partial charge in [0, 0.05) is 11.8 Å². The van der Waals surface area contributed by atoms with Gasteiger partial charge in [-0.15, -0.1) is 0 Å². The number of hydrogen-bond acceptors (Lipinski definition) is 3. The van der Waals surface area contributed by atoms with Crippen LogP contribution >= 0.6 is 0 Å². The molecular formula is C11H16F2N2O. The summed E-state index contributed by atoms with van der Waals surface area (Å²) in [4.78, 5) is 0. The van der Waals surface area contributed by atoms with E-state index < -0.39 is 11.6 Å². The second kappa shape index (κ2) is 6.40. The molecule has 16 heavy (non-hydrogen) atoms. The number of aliphatic hydroxyl groups is 1. The molecule has 2 rings (SSSR count). The maximum absolute atomic E-state index is 12.1. The highest BCUT2D eigenvalue weighted by Gasteiger charge is 2.06. The van der Waals surface area contributed by atoms with E-state index in [9.17, 15) is 8.78 Å². The average molecular weight is 230 g/mol. The van der Waals surface area contributed by atoms with Crippen LogP contribution < -0.4 is 11.1 Å². The van der Waals surface area contributed by atoms with E-state index in [0.29, 0.717) is 0 Å². The van der Waals surface area contributed by atoms with Gasteiger partial charge in [-0.05, 0) is 38.1 Å². The number of anilines is 1. The number of nitrogen functional groups attached to an aromatic ring is 1. The molecule has 0 aromatic heterocycles. The fourth-order valence-electron chi connectivity index (χ4n) is 1.38. The predicted molar refractivity (Wildman–Crippen MR) is 58.9 cm³/mol. The Labute approximate surface area is 93.3 Å². The minimum Gasteiger partial charge on any atom is -0.399 e. The van der Waals surface area contributed by atoms with Gasteiger partial charge in [0.1, 0.15) is 11.6 Å². The summed E-state index contributed by atoms with van der Waals surface area (Å²) >= 11 is 0. The zero-order valence-electron chi connectivity index (χ0n) is 8.92. The molecule has 5 heteroatoms. The zero-order valence-corrected chi connectivity index (χ0v) is 8.92. The van der Waals surface area contributed by atoms with Gasteiger partial charge in [-0.3, -0.25) is 0 Å². The number of benzene rings is 1. The third-order valence-electron chi connectivity index (χ3n) is 2.19. The zero-order chi connectivity index (χ0) is 12.0. The molecule has 1 heterocycles. The summed E-state index contributed by atoms with van der Waals surface area (Å²) in [6.07, 6.45) is 1.83. The highest BCUT2D eigenvalue weighted by atomic mass is 19.1. The molecule has 1 aromatic carbocycles. The fraction of sp³-hybridized carbons (Fsp3) is 0.455. The first kappa shape index (κ1) is 12.9. The van der Waals surface area contributed by atoms with Gasteiger partial charge in [0.25, 0.3) is 0 Å². The summed E-state index contributed by atoms with van der Waals surface area (Å²) in [6.45, 7) is 1.97. The first-order valence-electron chi connectivity index (χ1n) is 5.18. The minimum absolute atomic E-state index is 0.0266. The Morgan fingerprint density at radius 1 is 1.12 bits per heavy atom. The van der Waals surface area contributed by atoms with E-state index in [2.05, 4.69) is 5.32 Å². The first-order chi connectivity index (χ1) is 7.58. The highest BCUT2D eigenvalue weighted by molar-refractivity contribution is 5.37. The van der Waals surface area contributed by atoms with E-state index in [-0.39, 0.29) is 11.8 Å². The normalized spacial score (nSPS) is 16.4. The summed E-state index contributed by atoms with van der Waals surface area (Å²) in [5.74, 6) is -1.29. The van der Waals surface area contributed by atoms with Crippen LogP contribution in [0.15, 0.2) is 18.2 Å². The SMILES string of the molecule is Nc1cc(F)cc(F)c1.OC1CCNCC1. The second-order valence-electron chi connectivity index (χ2n) is 3.68. The Hall–Kier alpha value is -1.20. The number of aliphatic hydroxyl groups excluding tert-OH is 1. The second-order valence-corrected chi connectivity index (χ2v) is 3.68. The molecule has 0 aliphatic carbocycles. The topological polar surface area (TPSA) is 58.3 Å². The van der Waals surface area contributed by atoms with Crippen LogP contribution in [0, 0.1) is 11.6 Å². The van der Waals surface area contributed by atoms with E-state index in [0.717, 1.165) is 44.1 Å². The molecule has 0 radical (unpaired) electrons. The Balaban J connectivity index is 0.000000165. The number of rotatable bonds is 0. The summed E-state index contributed by atoms with van der Waals surface area (Å²) < 4.78 is 24.2. The average Bonchev–Trinajstić information content (AvgIpc) is 2.17. The van der Waals surface area contributed by atoms with Gasteiger partial charge in [0.2, 0.25) is 0 Å². The van der Waals surface area contributed by atoms with Gasteiger partial charge < -0.3 is 16.2 Å². The van der Waals surface area contributed by atoms with Crippen molar-refractivity contribution in [3.8, 4) is 0 Å². The molecule has 1 saturated heterocycles. The molecular weight excluding hydrogens is 214 g/mol. The minimum atomic E-state index is -0.646. The lowest BCUT2D eigenvalue weighted by Crippen LogP contribution is -2.30. The van der Waals surface area contributed by atoms with Crippen molar-refractivity contribution in [2.24, 2.45) is 0 Å². The number of nitrogens with one attached hydrogen (secondary N) is 1. The molecule has 1 aliphatic rings. The van der Waals surface area contributed by atoms with Crippen LogP contribution in [0.5, 0.6) is 0 Å². The lowest BCUT2D eigenvalue weighted by Gasteiger charge is -2.16. The van der Waals surface area contributed by atoms with Crippen LogP contribution in [0.3, 0.4) is 0 Å². The van der Waals surface area contributed by atoms with Crippen molar-refractivity contribution in [1.82, 2.24) is 5.32 Å². The summed E-state index contributed by atoms with van der Waals surface area (Å²) in [7, 11) is 0. The van der Waals surface area contributed by atoms with Crippen molar-refractivity contribution < 1.29 is 13.9 Å². The number of piperidine rings is 1. The van der Waals surface area contributed by atoms with Gasteiger partial charge in [0.05, 0.1) is 6.10 Å². The van der Waals surface area contributed by atoms with Crippen molar-refractivity contribution in [3.63, 3.8) is 0 Å². The molecule has 0 spiro atoms. The highest BCUT2D eigenvalue weighted by Crippen LogP contribution is 2.07. The van der Waals surface area contributed by atoms with E-state index in [1.807, 2.05) is 0 Å². The van der Waals surface area contributed by atoms with Crippen LogP contribution in [-0.2, 0) is 0 Å². The maximum atomic E-state index is 12.1. The molecule has 3 nitrogen and oxygen atoms in total. The Kier molecular flexibility index (Phi) is 5.14. The van der Waals surface area contributed by atoms with E-state index in [4.69, 9.17) is 10.8 Å². The van der Waals surface area contributed by atoms with Crippen molar-refractivity contribution >= 4 is 5.69 Å². The largest absolute Gasteiger partial charge is 0.399 e. The quantitative estimate of drug-likeness (QED) is 0.588. The summed E-state index contributed by atoms with van der Waals surface area (Å²) in [5.41, 5.74) is 5.18. The summed E-state index contributed by atoms with van der Waals surface area (Å²) in [6, 6.07) is 2.89. The van der Waals surface area contributed by atoms with Gasteiger partial charge >= 0.3 is 0 Å². The van der Waals surface area contributed by atoms with Crippen LogP contribution in [0.25, 0.3) is 0 Å². The standard InChI is InChI=1S/C6H5F2N.C5H11NO/c7-4-1-5(8)3-6(9)2-4;7-5-1-3-6-4-2-5/h1-3H,9H2;5-7H,1-4H2. The molecule has 0 amide bonds. The third-order valence-corrected chi connectivity index (χ3v) is 2.19. The molecule has 90 valence electrons. The molecule has 1 fully saturated rings. The van der Waals surface area contributed by atoms with Crippen LogP contribution in [0.4, 0.5) is 14.5 Å².